The zero-order chi connectivity index (χ0) is 19.3. The lowest BCUT2D eigenvalue weighted by molar-refractivity contribution is -0.140. The molecule has 0 radical (unpaired) electrons. The van der Waals surface area contributed by atoms with Gasteiger partial charge < -0.3 is 9.47 Å². The number of hydrogen-bond acceptors (Lipinski definition) is 4. The first-order valence-electron chi connectivity index (χ1n) is 10.4. The highest BCUT2D eigenvalue weighted by atomic mass is 16.5. The molecule has 4 nitrogen and oxygen atoms in total. The van der Waals surface area contributed by atoms with Crippen molar-refractivity contribution in [2.75, 3.05) is 13.2 Å². The lowest BCUT2D eigenvalue weighted by Crippen LogP contribution is -2.06. The van der Waals surface area contributed by atoms with Gasteiger partial charge in [-0.2, -0.15) is 0 Å². The van der Waals surface area contributed by atoms with Crippen molar-refractivity contribution in [3.8, 4) is 0 Å². The van der Waals surface area contributed by atoms with Gasteiger partial charge in [0.05, 0.1) is 13.2 Å². The molecule has 0 N–H and O–H groups in total. The van der Waals surface area contributed by atoms with Crippen LogP contribution in [0.5, 0.6) is 0 Å². The summed E-state index contributed by atoms with van der Waals surface area (Å²) in [4.78, 5) is 22.9. The van der Waals surface area contributed by atoms with E-state index >= 15 is 0 Å². The number of carbonyl (C=O) groups excluding carboxylic acids is 2. The highest BCUT2D eigenvalue weighted by Gasteiger charge is 2.01. The van der Waals surface area contributed by atoms with E-state index in [0.29, 0.717) is 19.6 Å². The van der Waals surface area contributed by atoms with Crippen molar-refractivity contribution >= 4 is 11.9 Å². The largest absolute Gasteiger partial charge is 0.463 e. The predicted molar refractivity (Wildman–Crippen MR) is 107 cm³/mol. The molecule has 0 unspecified atom stereocenters. The zero-order valence-corrected chi connectivity index (χ0v) is 16.8. The van der Waals surface area contributed by atoms with Crippen LogP contribution >= 0.6 is 0 Å². The van der Waals surface area contributed by atoms with Gasteiger partial charge >= 0.3 is 11.9 Å². The molecule has 0 atom stereocenters. The summed E-state index contributed by atoms with van der Waals surface area (Å²) in [5.41, 5.74) is 0. The molecule has 4 heteroatoms. The number of allylic oxidation sites excluding steroid dienone is 1. The molecule has 0 bridgehead atoms. The van der Waals surface area contributed by atoms with Crippen LogP contribution in [0.25, 0.3) is 0 Å². The Bertz CT molecular complexity index is 399. The number of rotatable bonds is 17. The van der Waals surface area contributed by atoms with Crippen molar-refractivity contribution in [2.24, 2.45) is 0 Å². The molecular weight excluding hydrogens is 328 g/mol. The third kappa shape index (κ3) is 18.8. The summed E-state index contributed by atoms with van der Waals surface area (Å²) in [5.74, 6) is -0.991. The molecule has 150 valence electrons. The molecule has 0 saturated carbocycles. The lowest BCUT2D eigenvalue weighted by Gasteiger charge is -2.03. The molecule has 0 aliphatic carbocycles. The topological polar surface area (TPSA) is 52.6 Å². The Hall–Kier alpha value is -1.58. The molecule has 0 aliphatic heterocycles. The second kappa shape index (κ2) is 19.7. The fourth-order valence-corrected chi connectivity index (χ4v) is 2.51. The van der Waals surface area contributed by atoms with Crippen LogP contribution in [0, 0.1) is 0 Å². The van der Waals surface area contributed by atoms with Gasteiger partial charge in [-0.3, -0.25) is 0 Å². The summed E-state index contributed by atoms with van der Waals surface area (Å²) in [5, 5.41) is 0. The fourth-order valence-electron chi connectivity index (χ4n) is 2.51. The first kappa shape index (κ1) is 24.4. The molecule has 0 aliphatic rings. The third-order valence-corrected chi connectivity index (χ3v) is 4.03. The van der Waals surface area contributed by atoms with Gasteiger partial charge in [-0.1, -0.05) is 83.8 Å². The Morgan fingerprint density at radius 1 is 0.654 bits per heavy atom. The molecule has 0 aromatic heterocycles. The van der Waals surface area contributed by atoms with E-state index in [2.05, 4.69) is 6.92 Å². The zero-order valence-electron chi connectivity index (χ0n) is 16.8. The Kier molecular flexibility index (Phi) is 18.5. The monoisotopic (exact) mass is 366 g/mol. The van der Waals surface area contributed by atoms with Crippen LogP contribution in [0.3, 0.4) is 0 Å². The summed E-state index contributed by atoms with van der Waals surface area (Å²) >= 11 is 0. The molecular formula is C22H38O4. The van der Waals surface area contributed by atoms with E-state index in [0.717, 1.165) is 31.4 Å². The normalized spacial score (nSPS) is 11.3. The van der Waals surface area contributed by atoms with E-state index in [4.69, 9.17) is 9.47 Å². The Labute approximate surface area is 160 Å². The third-order valence-electron chi connectivity index (χ3n) is 4.03. The van der Waals surface area contributed by atoms with Crippen molar-refractivity contribution in [2.45, 2.75) is 90.9 Å². The number of unbranched alkanes of at least 4 members (excludes halogenated alkanes) is 9. The van der Waals surface area contributed by atoms with Gasteiger partial charge in [0.15, 0.2) is 0 Å². The second-order valence-electron chi connectivity index (χ2n) is 6.52. The fraction of sp³-hybridized carbons (Fsp3) is 0.727. The van der Waals surface area contributed by atoms with Crippen LogP contribution < -0.4 is 0 Å². The quantitative estimate of drug-likeness (QED) is 0.139. The second-order valence-corrected chi connectivity index (χ2v) is 6.52. The smallest absolute Gasteiger partial charge is 0.331 e. The van der Waals surface area contributed by atoms with Gasteiger partial charge in [0, 0.05) is 12.2 Å². The van der Waals surface area contributed by atoms with E-state index in [1.165, 1.54) is 51.4 Å². The highest BCUT2D eigenvalue weighted by molar-refractivity contribution is 5.91. The van der Waals surface area contributed by atoms with Crippen LogP contribution in [0.2, 0.25) is 0 Å². The Balaban J connectivity index is 3.45. The SMILES string of the molecule is CC/C=C\CCOC(=O)/C=C/C(=O)OCCCCCCCCCCCC. The maximum absolute atomic E-state index is 11.5. The van der Waals surface area contributed by atoms with Gasteiger partial charge in [0.2, 0.25) is 0 Å². The number of ether oxygens (including phenoxy) is 2. The first-order valence-corrected chi connectivity index (χ1v) is 10.4. The van der Waals surface area contributed by atoms with E-state index in [1.54, 1.807) is 0 Å². The average Bonchev–Trinajstić information content (AvgIpc) is 2.64. The average molecular weight is 367 g/mol. The summed E-state index contributed by atoms with van der Waals surface area (Å²) in [7, 11) is 0. The summed E-state index contributed by atoms with van der Waals surface area (Å²) in [6.45, 7) is 5.03. The summed E-state index contributed by atoms with van der Waals surface area (Å²) in [6, 6.07) is 0. The first-order chi connectivity index (χ1) is 12.7. The standard InChI is InChI=1S/C22H38O4/c1-3-5-7-9-10-11-12-13-14-16-20-26-22(24)18-17-21(23)25-19-15-8-6-4-2/h6,8,17-18H,3-5,7,9-16,19-20H2,1-2H3/b8-6-,18-17+. The van der Waals surface area contributed by atoms with Crippen molar-refractivity contribution in [1.29, 1.82) is 0 Å². The molecule has 0 aromatic carbocycles. The molecule has 0 saturated heterocycles. The molecule has 0 aromatic rings. The Morgan fingerprint density at radius 2 is 1.15 bits per heavy atom. The van der Waals surface area contributed by atoms with Gasteiger partial charge in [-0.15, -0.1) is 0 Å². The van der Waals surface area contributed by atoms with Crippen LogP contribution in [-0.4, -0.2) is 25.2 Å². The molecule has 0 heterocycles. The maximum Gasteiger partial charge on any atom is 0.331 e. The van der Waals surface area contributed by atoms with Crippen molar-refractivity contribution < 1.29 is 19.1 Å². The predicted octanol–water partition coefficient (Wildman–Crippen LogP) is 5.91. The van der Waals surface area contributed by atoms with Gasteiger partial charge in [0.1, 0.15) is 0 Å². The highest BCUT2D eigenvalue weighted by Crippen LogP contribution is 2.10. The van der Waals surface area contributed by atoms with Crippen molar-refractivity contribution in [3.05, 3.63) is 24.3 Å². The van der Waals surface area contributed by atoms with Crippen LogP contribution in [-0.2, 0) is 19.1 Å². The number of carbonyl (C=O) groups is 2. The van der Waals surface area contributed by atoms with Crippen LogP contribution in [0.4, 0.5) is 0 Å². The molecule has 0 fully saturated rings. The van der Waals surface area contributed by atoms with E-state index in [-0.39, 0.29) is 0 Å². The van der Waals surface area contributed by atoms with Gasteiger partial charge in [-0.25, -0.2) is 9.59 Å². The number of hydrogen-bond donors (Lipinski definition) is 0. The van der Waals surface area contributed by atoms with Crippen molar-refractivity contribution in [1.82, 2.24) is 0 Å². The minimum Gasteiger partial charge on any atom is -0.463 e. The van der Waals surface area contributed by atoms with E-state index in [1.807, 2.05) is 19.1 Å². The molecule has 0 spiro atoms. The van der Waals surface area contributed by atoms with Gasteiger partial charge in [0.25, 0.3) is 0 Å². The summed E-state index contributed by atoms with van der Waals surface area (Å²) < 4.78 is 10.0. The van der Waals surface area contributed by atoms with Gasteiger partial charge in [-0.05, 0) is 19.3 Å². The minimum atomic E-state index is -0.509. The minimum absolute atomic E-state index is 0.327. The number of esters is 2. The molecule has 0 amide bonds. The van der Waals surface area contributed by atoms with E-state index < -0.39 is 11.9 Å². The maximum atomic E-state index is 11.5. The van der Waals surface area contributed by atoms with E-state index in [9.17, 15) is 9.59 Å². The van der Waals surface area contributed by atoms with Crippen LogP contribution in [0.15, 0.2) is 24.3 Å². The summed E-state index contributed by atoms with van der Waals surface area (Å²) in [6.07, 6.45) is 20.4. The Morgan fingerprint density at radius 3 is 1.69 bits per heavy atom. The van der Waals surface area contributed by atoms with Crippen molar-refractivity contribution in [3.63, 3.8) is 0 Å². The lowest BCUT2D eigenvalue weighted by atomic mass is 10.1. The van der Waals surface area contributed by atoms with Crippen LogP contribution in [0.1, 0.15) is 90.9 Å². The molecule has 26 heavy (non-hydrogen) atoms. The molecule has 0 rings (SSSR count).